The molecule has 0 atom stereocenters. The zero-order chi connectivity index (χ0) is 20.0. The van der Waals surface area contributed by atoms with Crippen LogP contribution in [-0.4, -0.2) is 37.7 Å². The molecule has 7 heteroatoms. The summed E-state index contributed by atoms with van der Waals surface area (Å²) in [7, 11) is 1.66. The predicted molar refractivity (Wildman–Crippen MR) is 112 cm³/mol. The molecule has 0 radical (unpaired) electrons. The highest BCUT2D eigenvalue weighted by Crippen LogP contribution is 2.37. The molecule has 3 heterocycles. The minimum Gasteiger partial charge on any atom is -0.497 e. The molecule has 5 rings (SSSR count). The van der Waals surface area contributed by atoms with E-state index in [1.165, 1.54) is 5.69 Å². The quantitative estimate of drug-likeness (QED) is 0.533. The molecular formula is C22H22N6O. The van der Waals surface area contributed by atoms with Gasteiger partial charge in [-0.15, -0.1) is 5.10 Å². The largest absolute Gasteiger partial charge is 0.497 e. The Kier molecular flexibility index (Phi) is 4.08. The molecule has 4 aromatic rings. The van der Waals surface area contributed by atoms with E-state index in [9.17, 15) is 0 Å². The average molecular weight is 386 g/mol. The maximum atomic E-state index is 5.26. The molecule has 0 fully saturated rings. The number of hydrogen-bond donors (Lipinski definition) is 0. The highest BCUT2D eigenvalue weighted by Gasteiger charge is 2.28. The number of para-hydroxylation sites is 2. The number of methoxy groups -OCH3 is 1. The van der Waals surface area contributed by atoms with Crippen LogP contribution in [0.5, 0.6) is 5.75 Å². The minimum atomic E-state index is 0.372. The Morgan fingerprint density at radius 1 is 1.00 bits per heavy atom. The molecule has 1 aliphatic heterocycles. The van der Waals surface area contributed by atoms with Crippen molar-refractivity contribution in [2.75, 3.05) is 12.0 Å². The number of hydrogen-bond acceptors (Lipinski definition) is 5. The van der Waals surface area contributed by atoms with Crippen LogP contribution >= 0.6 is 0 Å². The molecule has 2 aromatic heterocycles. The number of anilines is 1. The van der Waals surface area contributed by atoms with Gasteiger partial charge >= 0.3 is 0 Å². The minimum absolute atomic E-state index is 0.372. The van der Waals surface area contributed by atoms with E-state index in [-0.39, 0.29) is 0 Å². The molecule has 0 bridgehead atoms. The highest BCUT2D eigenvalue weighted by atomic mass is 16.5. The van der Waals surface area contributed by atoms with Crippen LogP contribution in [0.4, 0.5) is 5.69 Å². The molecular weight excluding hydrogens is 364 g/mol. The summed E-state index contributed by atoms with van der Waals surface area (Å²) in [6.45, 7) is 5.20. The number of imidazole rings is 1. The second-order valence-corrected chi connectivity index (χ2v) is 7.35. The Morgan fingerprint density at radius 3 is 2.48 bits per heavy atom. The molecule has 7 nitrogen and oxygen atoms in total. The molecule has 0 saturated heterocycles. The van der Waals surface area contributed by atoms with Crippen LogP contribution in [0.2, 0.25) is 0 Å². The first-order chi connectivity index (χ1) is 14.2. The summed E-state index contributed by atoms with van der Waals surface area (Å²) in [5.74, 6) is 0.805. The van der Waals surface area contributed by atoms with Gasteiger partial charge < -0.3 is 9.64 Å². The van der Waals surface area contributed by atoms with Crippen molar-refractivity contribution in [1.82, 2.24) is 24.5 Å². The van der Waals surface area contributed by atoms with Crippen LogP contribution in [0, 0.1) is 0 Å². The summed E-state index contributed by atoms with van der Waals surface area (Å²) < 4.78 is 9.26. The van der Waals surface area contributed by atoms with Crippen LogP contribution in [0.3, 0.4) is 0 Å². The van der Waals surface area contributed by atoms with Crippen LogP contribution in [0.15, 0.2) is 61.1 Å². The molecule has 0 amide bonds. The SMILES string of the molecule is COc1ccc(-n2nncc2-c2ncn3c2CN(C(C)C)c2ccccc2-3)cc1. The van der Waals surface area contributed by atoms with Crippen molar-refractivity contribution in [3.05, 3.63) is 66.7 Å². The van der Waals surface area contributed by atoms with Gasteiger partial charge in [-0.1, -0.05) is 17.3 Å². The lowest BCUT2D eigenvalue weighted by molar-refractivity contribution is 0.414. The molecule has 0 unspecified atom stereocenters. The van der Waals surface area contributed by atoms with E-state index >= 15 is 0 Å². The number of fused-ring (bicyclic) bond motifs is 3. The van der Waals surface area contributed by atoms with E-state index in [4.69, 9.17) is 9.72 Å². The van der Waals surface area contributed by atoms with Gasteiger partial charge in [0.15, 0.2) is 0 Å². The van der Waals surface area contributed by atoms with E-state index in [0.717, 1.165) is 40.8 Å². The Labute approximate surface area is 169 Å². The Balaban J connectivity index is 1.63. The Morgan fingerprint density at radius 2 is 1.76 bits per heavy atom. The van der Waals surface area contributed by atoms with Crippen molar-refractivity contribution in [2.45, 2.75) is 26.4 Å². The van der Waals surface area contributed by atoms with Crippen molar-refractivity contribution < 1.29 is 4.74 Å². The number of aromatic nitrogens is 5. The lowest BCUT2D eigenvalue weighted by atomic mass is 10.1. The molecule has 1 aliphatic rings. The van der Waals surface area contributed by atoms with Crippen LogP contribution in [0.1, 0.15) is 19.5 Å². The molecule has 0 N–H and O–H groups in total. The number of rotatable bonds is 4. The molecule has 0 aliphatic carbocycles. The maximum Gasteiger partial charge on any atom is 0.119 e. The Hall–Kier alpha value is -3.61. The van der Waals surface area contributed by atoms with Crippen molar-refractivity contribution >= 4 is 5.69 Å². The number of benzene rings is 2. The number of nitrogens with zero attached hydrogens (tertiary/aromatic N) is 6. The van der Waals surface area contributed by atoms with E-state index < -0.39 is 0 Å². The van der Waals surface area contributed by atoms with Crippen LogP contribution in [0.25, 0.3) is 22.8 Å². The van der Waals surface area contributed by atoms with Gasteiger partial charge in [-0.3, -0.25) is 4.57 Å². The second kappa shape index (κ2) is 6.77. The molecule has 29 heavy (non-hydrogen) atoms. The van der Waals surface area contributed by atoms with Gasteiger partial charge in [-0.2, -0.15) is 0 Å². The lowest BCUT2D eigenvalue weighted by Gasteiger charge is -2.35. The van der Waals surface area contributed by atoms with Crippen molar-refractivity contribution in [2.24, 2.45) is 0 Å². The van der Waals surface area contributed by atoms with E-state index in [1.54, 1.807) is 13.3 Å². The first-order valence-corrected chi connectivity index (χ1v) is 9.65. The topological polar surface area (TPSA) is 61.0 Å². The van der Waals surface area contributed by atoms with Gasteiger partial charge in [0.2, 0.25) is 0 Å². The van der Waals surface area contributed by atoms with E-state index in [1.807, 2.05) is 35.3 Å². The van der Waals surface area contributed by atoms with Crippen molar-refractivity contribution in [1.29, 1.82) is 0 Å². The van der Waals surface area contributed by atoms with Crippen molar-refractivity contribution in [3.63, 3.8) is 0 Å². The van der Waals surface area contributed by atoms with Gasteiger partial charge in [0.1, 0.15) is 23.5 Å². The lowest BCUT2D eigenvalue weighted by Crippen LogP contribution is -2.35. The standard InChI is InChI=1S/C22H22N6O/c1-15(2)26-13-21-22(23-14-27(21)19-7-5-4-6-18(19)26)20-12-24-25-28(20)16-8-10-17(29-3)11-9-16/h4-12,14-15H,13H2,1-3H3. The normalized spacial score (nSPS) is 12.8. The smallest absolute Gasteiger partial charge is 0.119 e. The summed E-state index contributed by atoms with van der Waals surface area (Å²) >= 11 is 0. The Bertz CT molecular complexity index is 1160. The zero-order valence-electron chi connectivity index (χ0n) is 16.6. The van der Waals surface area contributed by atoms with Gasteiger partial charge in [-0.05, 0) is 50.2 Å². The first kappa shape index (κ1) is 17.5. The van der Waals surface area contributed by atoms with Crippen LogP contribution in [-0.2, 0) is 6.54 Å². The second-order valence-electron chi connectivity index (χ2n) is 7.35. The molecule has 146 valence electrons. The van der Waals surface area contributed by atoms with Gasteiger partial charge in [0.05, 0.1) is 42.6 Å². The van der Waals surface area contributed by atoms with Gasteiger partial charge in [0.25, 0.3) is 0 Å². The zero-order valence-corrected chi connectivity index (χ0v) is 16.6. The highest BCUT2D eigenvalue weighted by molar-refractivity contribution is 5.70. The monoisotopic (exact) mass is 386 g/mol. The third-order valence-electron chi connectivity index (χ3n) is 5.37. The molecule has 0 saturated carbocycles. The average Bonchev–Trinajstić information content (AvgIpc) is 3.40. The summed E-state index contributed by atoms with van der Waals surface area (Å²) in [6, 6.07) is 16.6. The molecule has 2 aromatic carbocycles. The third kappa shape index (κ3) is 2.77. The first-order valence-electron chi connectivity index (χ1n) is 9.65. The summed E-state index contributed by atoms with van der Waals surface area (Å²) in [6.07, 6.45) is 3.67. The maximum absolute atomic E-state index is 5.26. The predicted octanol–water partition coefficient (Wildman–Crippen LogP) is 3.86. The fraction of sp³-hybridized carbons (Fsp3) is 0.227. The molecule has 0 spiro atoms. The summed E-state index contributed by atoms with van der Waals surface area (Å²) in [5.41, 5.74) is 6.18. The fourth-order valence-corrected chi connectivity index (χ4v) is 3.88. The van der Waals surface area contributed by atoms with Crippen LogP contribution < -0.4 is 9.64 Å². The van der Waals surface area contributed by atoms with E-state index in [2.05, 4.69) is 57.9 Å². The third-order valence-corrected chi connectivity index (χ3v) is 5.37. The summed E-state index contributed by atoms with van der Waals surface area (Å²) in [5, 5.41) is 8.47. The number of ether oxygens (including phenoxy) is 1. The van der Waals surface area contributed by atoms with E-state index in [0.29, 0.717) is 6.04 Å². The fourth-order valence-electron chi connectivity index (χ4n) is 3.88. The van der Waals surface area contributed by atoms with Crippen molar-refractivity contribution in [3.8, 4) is 28.5 Å². The van der Waals surface area contributed by atoms with Gasteiger partial charge in [0, 0.05) is 6.04 Å². The van der Waals surface area contributed by atoms with Gasteiger partial charge in [-0.25, -0.2) is 9.67 Å². The summed E-state index contributed by atoms with van der Waals surface area (Å²) in [4.78, 5) is 7.16.